The van der Waals surface area contributed by atoms with Crippen LogP contribution in [0.15, 0.2) is 36.7 Å². The first-order valence-electron chi connectivity index (χ1n) is 5.65. The van der Waals surface area contributed by atoms with Gasteiger partial charge in [-0.1, -0.05) is 18.2 Å². The summed E-state index contributed by atoms with van der Waals surface area (Å²) in [6, 6.07) is 8.29. The Hall–Kier alpha value is -1.81. The zero-order valence-electron chi connectivity index (χ0n) is 10.1. The van der Waals surface area contributed by atoms with Crippen LogP contribution in [0, 0.1) is 0 Å². The number of nitrogens with zero attached hydrogens (tertiary/aromatic N) is 1. The largest absolute Gasteiger partial charge is 0.496 e. The van der Waals surface area contributed by atoms with Crippen molar-refractivity contribution in [2.75, 3.05) is 7.11 Å². The molecule has 90 valence electrons. The molecular formula is C13H17N3O. The summed E-state index contributed by atoms with van der Waals surface area (Å²) in [5.74, 6) is 0.916. The van der Waals surface area contributed by atoms with E-state index in [4.69, 9.17) is 4.74 Å². The van der Waals surface area contributed by atoms with E-state index < -0.39 is 0 Å². The van der Waals surface area contributed by atoms with Gasteiger partial charge in [-0.2, -0.15) is 5.10 Å². The zero-order valence-corrected chi connectivity index (χ0v) is 10.1. The molecule has 2 aromatic rings. The second-order valence-corrected chi connectivity index (χ2v) is 3.95. The number of ether oxygens (including phenoxy) is 1. The lowest BCUT2D eigenvalue weighted by molar-refractivity contribution is 0.406. The smallest absolute Gasteiger partial charge is 0.123 e. The highest BCUT2D eigenvalue weighted by Crippen LogP contribution is 2.18. The summed E-state index contributed by atoms with van der Waals surface area (Å²) >= 11 is 0. The maximum atomic E-state index is 5.31. The van der Waals surface area contributed by atoms with Gasteiger partial charge in [0.25, 0.3) is 0 Å². The third kappa shape index (κ3) is 2.85. The molecule has 0 fully saturated rings. The van der Waals surface area contributed by atoms with Crippen LogP contribution in [0.4, 0.5) is 0 Å². The van der Waals surface area contributed by atoms with E-state index in [9.17, 15) is 0 Å². The molecule has 0 aliphatic heterocycles. The number of nitrogens with one attached hydrogen (secondary N) is 2. The Bertz CT molecular complexity index is 453. The molecule has 4 heteroatoms. The van der Waals surface area contributed by atoms with Crippen LogP contribution in [0.5, 0.6) is 5.75 Å². The fourth-order valence-corrected chi connectivity index (χ4v) is 1.73. The second kappa shape index (κ2) is 5.50. The van der Waals surface area contributed by atoms with Crippen molar-refractivity contribution in [3.05, 3.63) is 47.8 Å². The predicted molar refractivity (Wildman–Crippen MR) is 66.8 cm³/mol. The average molecular weight is 231 g/mol. The number of hydrogen-bond acceptors (Lipinski definition) is 3. The van der Waals surface area contributed by atoms with Crippen LogP contribution in [0.1, 0.15) is 24.1 Å². The summed E-state index contributed by atoms with van der Waals surface area (Å²) in [7, 11) is 1.69. The Kier molecular flexibility index (Phi) is 3.77. The predicted octanol–water partition coefficient (Wildman–Crippen LogP) is 2.27. The van der Waals surface area contributed by atoms with Crippen molar-refractivity contribution >= 4 is 0 Å². The topological polar surface area (TPSA) is 49.9 Å². The third-order valence-electron chi connectivity index (χ3n) is 2.81. The molecule has 2 rings (SSSR count). The number of aromatic amines is 1. The number of aromatic nitrogens is 2. The molecule has 1 unspecified atom stereocenters. The molecule has 0 radical (unpaired) electrons. The van der Waals surface area contributed by atoms with Gasteiger partial charge in [0.15, 0.2) is 0 Å². The molecule has 2 N–H and O–H groups in total. The van der Waals surface area contributed by atoms with Gasteiger partial charge in [-0.05, 0) is 13.0 Å². The van der Waals surface area contributed by atoms with Crippen LogP contribution in [0.2, 0.25) is 0 Å². The molecule has 4 nitrogen and oxygen atoms in total. The quantitative estimate of drug-likeness (QED) is 0.830. The summed E-state index contributed by atoms with van der Waals surface area (Å²) in [4.78, 5) is 0. The number of methoxy groups -OCH3 is 1. The van der Waals surface area contributed by atoms with E-state index in [0.717, 1.165) is 23.4 Å². The molecule has 1 atom stereocenters. The number of para-hydroxylation sites is 1. The summed E-state index contributed by atoms with van der Waals surface area (Å²) in [5.41, 5.74) is 2.31. The van der Waals surface area contributed by atoms with Gasteiger partial charge in [0.2, 0.25) is 0 Å². The molecule has 1 aromatic heterocycles. The van der Waals surface area contributed by atoms with E-state index >= 15 is 0 Å². The van der Waals surface area contributed by atoms with Gasteiger partial charge in [-0.3, -0.25) is 5.10 Å². The number of rotatable bonds is 5. The lowest BCUT2D eigenvalue weighted by Crippen LogP contribution is -2.18. The van der Waals surface area contributed by atoms with E-state index in [0.29, 0.717) is 0 Å². The van der Waals surface area contributed by atoms with Crippen molar-refractivity contribution in [3.63, 3.8) is 0 Å². The van der Waals surface area contributed by atoms with Gasteiger partial charge >= 0.3 is 0 Å². The first kappa shape index (κ1) is 11.7. The van der Waals surface area contributed by atoms with Crippen LogP contribution in [0.25, 0.3) is 0 Å². The van der Waals surface area contributed by atoms with Gasteiger partial charge in [0, 0.05) is 29.9 Å². The summed E-state index contributed by atoms with van der Waals surface area (Å²) < 4.78 is 5.31. The highest BCUT2D eigenvalue weighted by atomic mass is 16.5. The van der Waals surface area contributed by atoms with Gasteiger partial charge < -0.3 is 10.1 Å². The Morgan fingerprint density at radius 3 is 2.94 bits per heavy atom. The number of hydrogen-bond donors (Lipinski definition) is 2. The SMILES string of the molecule is COc1ccccc1CNC(C)c1cn[nH]c1. The average Bonchev–Trinajstić information content (AvgIpc) is 2.90. The standard InChI is InChI=1S/C13H17N3O/c1-10(12-8-15-16-9-12)14-7-11-5-3-4-6-13(11)17-2/h3-6,8-10,14H,7H2,1-2H3,(H,15,16). The third-order valence-corrected chi connectivity index (χ3v) is 2.81. The summed E-state index contributed by atoms with van der Waals surface area (Å²) in [6.45, 7) is 2.89. The molecule has 0 amide bonds. The molecule has 0 spiro atoms. The monoisotopic (exact) mass is 231 g/mol. The highest BCUT2D eigenvalue weighted by Gasteiger charge is 2.07. The van der Waals surface area contributed by atoms with Gasteiger partial charge in [-0.15, -0.1) is 0 Å². The summed E-state index contributed by atoms with van der Waals surface area (Å²) in [5, 5.41) is 10.2. The lowest BCUT2D eigenvalue weighted by atomic mass is 10.1. The number of benzene rings is 1. The Labute approximate surface area is 101 Å². The number of H-pyrrole nitrogens is 1. The Morgan fingerprint density at radius 1 is 1.41 bits per heavy atom. The van der Waals surface area contributed by atoms with Crippen LogP contribution in [-0.2, 0) is 6.54 Å². The van der Waals surface area contributed by atoms with E-state index in [-0.39, 0.29) is 6.04 Å². The summed E-state index contributed by atoms with van der Waals surface area (Å²) in [6.07, 6.45) is 3.74. The van der Waals surface area contributed by atoms with E-state index in [1.165, 1.54) is 0 Å². The van der Waals surface area contributed by atoms with Crippen molar-refractivity contribution in [2.45, 2.75) is 19.5 Å². The Morgan fingerprint density at radius 2 is 2.24 bits per heavy atom. The van der Waals surface area contributed by atoms with Crippen molar-refractivity contribution in [1.82, 2.24) is 15.5 Å². The second-order valence-electron chi connectivity index (χ2n) is 3.95. The van der Waals surface area contributed by atoms with E-state index in [2.05, 4.69) is 28.5 Å². The molecular weight excluding hydrogens is 214 g/mol. The van der Waals surface area contributed by atoms with Crippen LogP contribution >= 0.6 is 0 Å². The molecule has 0 aliphatic rings. The lowest BCUT2D eigenvalue weighted by Gasteiger charge is -2.13. The van der Waals surface area contributed by atoms with Gasteiger partial charge in [-0.25, -0.2) is 0 Å². The first-order valence-corrected chi connectivity index (χ1v) is 5.65. The molecule has 0 saturated carbocycles. The van der Waals surface area contributed by atoms with Crippen molar-refractivity contribution in [1.29, 1.82) is 0 Å². The fourth-order valence-electron chi connectivity index (χ4n) is 1.73. The fraction of sp³-hybridized carbons (Fsp3) is 0.308. The minimum atomic E-state index is 0.263. The van der Waals surface area contributed by atoms with Crippen LogP contribution < -0.4 is 10.1 Å². The highest BCUT2D eigenvalue weighted by molar-refractivity contribution is 5.33. The van der Waals surface area contributed by atoms with E-state index in [1.807, 2.05) is 30.6 Å². The van der Waals surface area contributed by atoms with Gasteiger partial charge in [0.05, 0.1) is 13.3 Å². The minimum Gasteiger partial charge on any atom is -0.496 e. The van der Waals surface area contributed by atoms with Crippen molar-refractivity contribution < 1.29 is 4.74 Å². The molecule has 0 bridgehead atoms. The van der Waals surface area contributed by atoms with Crippen LogP contribution in [0.3, 0.4) is 0 Å². The Balaban J connectivity index is 1.98. The zero-order chi connectivity index (χ0) is 12.1. The molecule has 17 heavy (non-hydrogen) atoms. The van der Waals surface area contributed by atoms with Gasteiger partial charge in [0.1, 0.15) is 5.75 Å². The molecule has 1 heterocycles. The maximum absolute atomic E-state index is 5.31. The van der Waals surface area contributed by atoms with E-state index in [1.54, 1.807) is 7.11 Å². The first-order chi connectivity index (χ1) is 8.31. The van der Waals surface area contributed by atoms with Crippen molar-refractivity contribution in [3.8, 4) is 5.75 Å². The van der Waals surface area contributed by atoms with Crippen LogP contribution in [-0.4, -0.2) is 17.3 Å². The maximum Gasteiger partial charge on any atom is 0.123 e. The molecule has 0 saturated heterocycles. The normalized spacial score (nSPS) is 12.4. The minimum absolute atomic E-state index is 0.263. The van der Waals surface area contributed by atoms with Crippen molar-refractivity contribution in [2.24, 2.45) is 0 Å². The molecule has 1 aromatic carbocycles. The molecule has 0 aliphatic carbocycles.